The van der Waals surface area contributed by atoms with Gasteiger partial charge in [0.1, 0.15) is 0 Å². The van der Waals surface area contributed by atoms with Crippen LogP contribution in [0.1, 0.15) is 52.4 Å². The molecule has 94 valence electrons. The number of ether oxygens (including phenoxy) is 1. The molecule has 0 spiro atoms. The fourth-order valence-electron chi connectivity index (χ4n) is 2.38. The normalized spacial score (nSPS) is 30.2. The first-order valence-corrected chi connectivity index (χ1v) is 6.49. The van der Waals surface area contributed by atoms with E-state index in [4.69, 9.17) is 9.84 Å². The van der Waals surface area contributed by atoms with Crippen LogP contribution in [0.5, 0.6) is 0 Å². The van der Waals surface area contributed by atoms with Crippen LogP contribution in [0.3, 0.4) is 0 Å². The lowest BCUT2D eigenvalue weighted by molar-refractivity contribution is -0.150. The Morgan fingerprint density at radius 2 is 2.12 bits per heavy atom. The molecule has 16 heavy (non-hydrogen) atoms. The third-order valence-corrected chi connectivity index (χ3v) is 3.45. The number of hydrogen-bond donors (Lipinski definition) is 1. The second-order valence-electron chi connectivity index (χ2n) is 4.98. The first kappa shape index (κ1) is 13.5. The SMILES string of the molecule is CCCCCOC1CC(C)CCC1C(=O)O. The van der Waals surface area contributed by atoms with Gasteiger partial charge in [-0.2, -0.15) is 0 Å². The molecule has 1 rings (SSSR count). The molecule has 3 nitrogen and oxygen atoms in total. The summed E-state index contributed by atoms with van der Waals surface area (Å²) in [5, 5.41) is 9.12. The number of hydrogen-bond acceptors (Lipinski definition) is 2. The number of aliphatic carboxylic acids is 1. The summed E-state index contributed by atoms with van der Waals surface area (Å²) in [5.41, 5.74) is 0. The molecule has 3 atom stereocenters. The molecule has 0 bridgehead atoms. The topological polar surface area (TPSA) is 46.5 Å². The summed E-state index contributed by atoms with van der Waals surface area (Å²) >= 11 is 0. The first-order valence-electron chi connectivity index (χ1n) is 6.49. The molecule has 0 radical (unpaired) electrons. The molecule has 1 fully saturated rings. The van der Waals surface area contributed by atoms with E-state index in [-0.39, 0.29) is 12.0 Å². The van der Waals surface area contributed by atoms with Crippen LogP contribution >= 0.6 is 0 Å². The van der Waals surface area contributed by atoms with Gasteiger partial charge in [-0.25, -0.2) is 0 Å². The maximum absolute atomic E-state index is 11.1. The van der Waals surface area contributed by atoms with E-state index >= 15 is 0 Å². The molecule has 1 N–H and O–H groups in total. The van der Waals surface area contributed by atoms with Crippen molar-refractivity contribution in [3.63, 3.8) is 0 Å². The maximum Gasteiger partial charge on any atom is 0.309 e. The largest absolute Gasteiger partial charge is 0.481 e. The number of carbonyl (C=O) groups is 1. The Kier molecular flexibility index (Phi) is 5.81. The molecule has 1 saturated carbocycles. The minimum atomic E-state index is -0.688. The summed E-state index contributed by atoms with van der Waals surface area (Å²) in [4.78, 5) is 11.1. The second kappa shape index (κ2) is 6.89. The lowest BCUT2D eigenvalue weighted by atomic mass is 9.80. The minimum absolute atomic E-state index is 0.0573. The molecule has 0 aromatic heterocycles. The van der Waals surface area contributed by atoms with Crippen molar-refractivity contribution in [1.82, 2.24) is 0 Å². The summed E-state index contributed by atoms with van der Waals surface area (Å²) in [6, 6.07) is 0. The lowest BCUT2D eigenvalue weighted by Crippen LogP contribution is -2.36. The maximum atomic E-state index is 11.1. The highest BCUT2D eigenvalue weighted by Crippen LogP contribution is 2.31. The Bertz CT molecular complexity index is 215. The summed E-state index contributed by atoms with van der Waals surface area (Å²) in [5.74, 6) is -0.364. The van der Waals surface area contributed by atoms with Gasteiger partial charge in [0.2, 0.25) is 0 Å². The number of carboxylic acids is 1. The van der Waals surface area contributed by atoms with Gasteiger partial charge in [-0.05, 0) is 31.6 Å². The highest BCUT2D eigenvalue weighted by atomic mass is 16.5. The second-order valence-corrected chi connectivity index (χ2v) is 4.98. The van der Waals surface area contributed by atoms with Crippen molar-refractivity contribution < 1.29 is 14.6 Å². The van der Waals surface area contributed by atoms with Crippen molar-refractivity contribution in [2.45, 2.75) is 58.5 Å². The molecule has 1 aliphatic rings. The average molecular weight is 228 g/mol. The molecule has 0 heterocycles. The molecule has 1 aliphatic carbocycles. The molecule has 3 heteroatoms. The molecular weight excluding hydrogens is 204 g/mol. The number of rotatable bonds is 6. The Morgan fingerprint density at radius 3 is 2.75 bits per heavy atom. The molecule has 0 saturated heterocycles. The van der Waals surface area contributed by atoms with E-state index in [1.165, 1.54) is 12.8 Å². The fourth-order valence-corrected chi connectivity index (χ4v) is 2.38. The Hall–Kier alpha value is -0.570. The third-order valence-electron chi connectivity index (χ3n) is 3.45. The number of carboxylic acid groups (broad SMARTS) is 1. The van der Waals surface area contributed by atoms with Gasteiger partial charge < -0.3 is 9.84 Å². The summed E-state index contributed by atoms with van der Waals surface area (Å²) in [7, 11) is 0. The van der Waals surface area contributed by atoms with Crippen LogP contribution in [0, 0.1) is 11.8 Å². The van der Waals surface area contributed by atoms with Crippen LogP contribution in [0.2, 0.25) is 0 Å². The zero-order valence-electron chi connectivity index (χ0n) is 10.4. The van der Waals surface area contributed by atoms with Gasteiger partial charge in [-0.3, -0.25) is 4.79 Å². The Balaban J connectivity index is 2.35. The van der Waals surface area contributed by atoms with E-state index in [2.05, 4.69) is 13.8 Å². The van der Waals surface area contributed by atoms with Crippen molar-refractivity contribution in [2.24, 2.45) is 11.8 Å². The highest BCUT2D eigenvalue weighted by molar-refractivity contribution is 5.70. The van der Waals surface area contributed by atoms with Crippen LogP contribution in [0.25, 0.3) is 0 Å². The predicted molar refractivity (Wildman–Crippen MR) is 63.4 cm³/mol. The van der Waals surface area contributed by atoms with Gasteiger partial charge in [0.25, 0.3) is 0 Å². The summed E-state index contributed by atoms with van der Waals surface area (Å²) < 4.78 is 5.75. The smallest absolute Gasteiger partial charge is 0.309 e. The average Bonchev–Trinajstić information content (AvgIpc) is 2.24. The standard InChI is InChI=1S/C13H24O3/c1-3-4-5-8-16-12-9-10(2)6-7-11(12)13(14)15/h10-12H,3-9H2,1-2H3,(H,14,15). The third kappa shape index (κ3) is 4.12. The zero-order valence-corrected chi connectivity index (χ0v) is 10.4. The van der Waals surface area contributed by atoms with Gasteiger partial charge >= 0.3 is 5.97 Å². The van der Waals surface area contributed by atoms with Gasteiger partial charge in [-0.1, -0.05) is 26.7 Å². The van der Waals surface area contributed by atoms with Gasteiger partial charge in [0.05, 0.1) is 12.0 Å². The Morgan fingerprint density at radius 1 is 1.38 bits per heavy atom. The minimum Gasteiger partial charge on any atom is -0.481 e. The predicted octanol–water partition coefficient (Wildman–Crippen LogP) is 3.08. The van der Waals surface area contributed by atoms with Crippen molar-refractivity contribution >= 4 is 5.97 Å². The number of unbranched alkanes of at least 4 members (excludes halogenated alkanes) is 2. The van der Waals surface area contributed by atoms with Gasteiger partial charge in [0, 0.05) is 6.61 Å². The van der Waals surface area contributed by atoms with Crippen molar-refractivity contribution in [2.75, 3.05) is 6.61 Å². The van der Waals surface area contributed by atoms with Gasteiger partial charge in [-0.15, -0.1) is 0 Å². The molecule has 0 aromatic carbocycles. The van der Waals surface area contributed by atoms with Crippen LogP contribution in [-0.2, 0) is 9.53 Å². The van der Waals surface area contributed by atoms with E-state index in [0.717, 1.165) is 32.3 Å². The van der Waals surface area contributed by atoms with Gasteiger partial charge in [0.15, 0.2) is 0 Å². The molecule has 0 aromatic rings. The molecule has 0 aliphatic heterocycles. The van der Waals surface area contributed by atoms with Crippen molar-refractivity contribution in [3.8, 4) is 0 Å². The summed E-state index contributed by atoms with van der Waals surface area (Å²) in [6.07, 6.45) is 6.03. The molecule has 0 amide bonds. The van der Waals surface area contributed by atoms with E-state index < -0.39 is 5.97 Å². The van der Waals surface area contributed by atoms with E-state index in [1.54, 1.807) is 0 Å². The van der Waals surface area contributed by atoms with Crippen molar-refractivity contribution in [1.29, 1.82) is 0 Å². The first-order chi connectivity index (χ1) is 7.65. The zero-order chi connectivity index (χ0) is 12.0. The van der Waals surface area contributed by atoms with Crippen molar-refractivity contribution in [3.05, 3.63) is 0 Å². The molecule has 3 unspecified atom stereocenters. The van der Waals surface area contributed by atoms with Crippen LogP contribution in [0.15, 0.2) is 0 Å². The van der Waals surface area contributed by atoms with Crippen LogP contribution < -0.4 is 0 Å². The summed E-state index contributed by atoms with van der Waals surface area (Å²) in [6.45, 7) is 5.05. The fraction of sp³-hybridized carbons (Fsp3) is 0.923. The highest BCUT2D eigenvalue weighted by Gasteiger charge is 2.34. The quantitative estimate of drug-likeness (QED) is 0.711. The van der Waals surface area contributed by atoms with E-state index in [1.807, 2.05) is 0 Å². The molecular formula is C13H24O3. The monoisotopic (exact) mass is 228 g/mol. The van der Waals surface area contributed by atoms with Crippen LogP contribution in [-0.4, -0.2) is 23.8 Å². The lowest BCUT2D eigenvalue weighted by Gasteiger charge is -2.32. The van der Waals surface area contributed by atoms with Crippen LogP contribution in [0.4, 0.5) is 0 Å². The Labute approximate surface area is 98.2 Å². The van der Waals surface area contributed by atoms with E-state index in [0.29, 0.717) is 5.92 Å². The van der Waals surface area contributed by atoms with E-state index in [9.17, 15) is 4.79 Å².